The second-order valence-electron chi connectivity index (χ2n) is 8.18. The van der Waals surface area contributed by atoms with E-state index in [1.54, 1.807) is 32.9 Å². The molecule has 0 aromatic heterocycles. The number of unbranched alkanes of at least 4 members (excludes halogenated alkanes) is 1. The molecule has 0 heterocycles. The van der Waals surface area contributed by atoms with E-state index in [0.717, 1.165) is 0 Å². The van der Waals surface area contributed by atoms with E-state index in [4.69, 9.17) is 15.2 Å². The Morgan fingerprint density at radius 1 is 1.09 bits per heavy atom. The van der Waals surface area contributed by atoms with Gasteiger partial charge in [0, 0.05) is 6.42 Å². The Kier molecular flexibility index (Phi) is 11.5. The summed E-state index contributed by atoms with van der Waals surface area (Å²) < 4.78 is 11.0. The molecule has 0 saturated carbocycles. The van der Waals surface area contributed by atoms with E-state index in [1.807, 2.05) is 0 Å². The smallest absolute Gasteiger partial charge is 0.408 e. The average Bonchev–Trinajstić information content (AvgIpc) is 2.68. The SMILES string of the molecule is COC(=O)C(Cc1cc(Br)c(O)c(Br)c1)NC(=O)[C@H](CCCCN)NC(=O)OC(C)(C)C. The quantitative estimate of drug-likeness (QED) is 0.246. The number of esters is 1. The molecule has 0 radical (unpaired) electrons. The highest BCUT2D eigenvalue weighted by molar-refractivity contribution is 9.11. The topological polar surface area (TPSA) is 140 Å². The third-order valence-electron chi connectivity index (χ3n) is 4.27. The third kappa shape index (κ3) is 9.74. The predicted octanol–water partition coefficient (Wildman–Crippen LogP) is 3.14. The molecule has 0 spiro atoms. The summed E-state index contributed by atoms with van der Waals surface area (Å²) >= 11 is 6.49. The molecule has 32 heavy (non-hydrogen) atoms. The number of methoxy groups -OCH3 is 1. The number of nitrogens with two attached hydrogens (primary N) is 1. The molecule has 1 rings (SSSR count). The molecule has 180 valence electrons. The van der Waals surface area contributed by atoms with E-state index in [9.17, 15) is 19.5 Å². The molecule has 1 aromatic carbocycles. The van der Waals surface area contributed by atoms with Gasteiger partial charge in [0.2, 0.25) is 5.91 Å². The Bertz CT molecular complexity index is 790. The van der Waals surface area contributed by atoms with E-state index in [0.29, 0.717) is 40.3 Å². The number of hydrogen-bond donors (Lipinski definition) is 4. The van der Waals surface area contributed by atoms with E-state index in [-0.39, 0.29) is 12.2 Å². The van der Waals surface area contributed by atoms with Gasteiger partial charge >= 0.3 is 12.1 Å². The first-order valence-corrected chi connectivity index (χ1v) is 11.7. The fraction of sp³-hybridized carbons (Fsp3) is 0.571. The van der Waals surface area contributed by atoms with Crippen molar-refractivity contribution in [1.82, 2.24) is 10.6 Å². The molecule has 5 N–H and O–H groups in total. The van der Waals surface area contributed by atoms with Crippen LogP contribution in [-0.4, -0.2) is 54.4 Å². The summed E-state index contributed by atoms with van der Waals surface area (Å²) in [5.74, 6) is -1.16. The second-order valence-corrected chi connectivity index (χ2v) is 9.89. The monoisotopic (exact) mass is 579 g/mol. The van der Waals surface area contributed by atoms with Crippen molar-refractivity contribution in [2.45, 2.75) is 64.1 Å². The minimum Gasteiger partial charge on any atom is -0.506 e. The van der Waals surface area contributed by atoms with Gasteiger partial charge in [-0.3, -0.25) is 4.79 Å². The Labute approximate surface area is 205 Å². The van der Waals surface area contributed by atoms with Crippen LogP contribution in [0.1, 0.15) is 45.6 Å². The minimum atomic E-state index is -1.01. The summed E-state index contributed by atoms with van der Waals surface area (Å²) in [7, 11) is 1.22. The summed E-state index contributed by atoms with van der Waals surface area (Å²) in [6.45, 7) is 5.61. The van der Waals surface area contributed by atoms with Gasteiger partial charge < -0.3 is 30.9 Å². The lowest BCUT2D eigenvalue weighted by Gasteiger charge is -2.25. The number of amides is 2. The maximum Gasteiger partial charge on any atom is 0.408 e. The van der Waals surface area contributed by atoms with Crippen LogP contribution in [0.4, 0.5) is 4.79 Å². The molecule has 9 nitrogen and oxygen atoms in total. The summed E-state index contributed by atoms with van der Waals surface area (Å²) in [5, 5.41) is 15.1. The Morgan fingerprint density at radius 3 is 2.19 bits per heavy atom. The molecule has 0 bridgehead atoms. The van der Waals surface area contributed by atoms with E-state index >= 15 is 0 Å². The number of halogens is 2. The summed E-state index contributed by atoms with van der Waals surface area (Å²) in [5.41, 5.74) is 5.47. The fourth-order valence-corrected chi connectivity index (χ4v) is 4.07. The van der Waals surface area contributed by atoms with Crippen molar-refractivity contribution in [3.63, 3.8) is 0 Å². The van der Waals surface area contributed by atoms with Crippen LogP contribution < -0.4 is 16.4 Å². The van der Waals surface area contributed by atoms with Gasteiger partial charge in [-0.2, -0.15) is 0 Å². The zero-order valence-electron chi connectivity index (χ0n) is 18.7. The molecular formula is C21H31Br2N3O6. The number of nitrogens with one attached hydrogen (secondary N) is 2. The molecule has 0 aliphatic carbocycles. The van der Waals surface area contributed by atoms with Crippen molar-refractivity contribution < 1.29 is 29.0 Å². The minimum absolute atomic E-state index is 0.0222. The number of hydrogen-bond acceptors (Lipinski definition) is 7. The van der Waals surface area contributed by atoms with Crippen molar-refractivity contribution in [3.8, 4) is 5.75 Å². The molecule has 0 saturated heterocycles. The molecule has 1 unspecified atom stereocenters. The highest BCUT2D eigenvalue weighted by atomic mass is 79.9. The van der Waals surface area contributed by atoms with E-state index < -0.39 is 35.7 Å². The third-order valence-corrected chi connectivity index (χ3v) is 5.48. The number of rotatable bonds is 10. The van der Waals surface area contributed by atoms with Gasteiger partial charge in [0.15, 0.2) is 0 Å². The lowest BCUT2D eigenvalue weighted by atomic mass is 10.0. The van der Waals surface area contributed by atoms with Crippen LogP contribution >= 0.6 is 31.9 Å². The fourth-order valence-electron chi connectivity index (χ4n) is 2.79. The molecule has 0 fully saturated rings. The predicted molar refractivity (Wildman–Crippen MR) is 127 cm³/mol. The number of carbonyl (C=O) groups is 3. The van der Waals surface area contributed by atoms with Gasteiger partial charge in [-0.05, 0) is 96.1 Å². The van der Waals surface area contributed by atoms with Gasteiger partial charge in [0.25, 0.3) is 0 Å². The maximum atomic E-state index is 13.0. The largest absolute Gasteiger partial charge is 0.506 e. The lowest BCUT2D eigenvalue weighted by molar-refractivity contribution is -0.145. The first-order chi connectivity index (χ1) is 14.9. The molecule has 11 heteroatoms. The van der Waals surface area contributed by atoms with Crippen molar-refractivity contribution in [2.24, 2.45) is 5.73 Å². The summed E-state index contributed by atoms with van der Waals surface area (Å²) in [4.78, 5) is 37.5. The number of ether oxygens (including phenoxy) is 2. The lowest BCUT2D eigenvalue weighted by Crippen LogP contribution is -2.53. The Balaban J connectivity index is 3.01. The standard InChI is InChI=1S/C21H31Br2N3O6/c1-21(2,3)32-20(30)26-15(7-5-6-8-24)18(28)25-16(19(29)31-4)11-12-9-13(22)17(27)14(23)10-12/h9-10,15-16,27H,5-8,11,24H2,1-4H3,(H,25,28)(H,26,30)/t15-,16?/m0/s1. The number of aromatic hydroxyl groups is 1. The van der Waals surface area contributed by atoms with Crippen molar-refractivity contribution in [1.29, 1.82) is 0 Å². The number of carbonyl (C=O) groups excluding carboxylic acids is 3. The number of phenolic OH excluding ortho intramolecular Hbond substituents is 1. The van der Waals surface area contributed by atoms with Crippen LogP contribution in [0.25, 0.3) is 0 Å². The molecule has 1 aromatic rings. The van der Waals surface area contributed by atoms with Crippen LogP contribution in [0.2, 0.25) is 0 Å². The second kappa shape index (κ2) is 13.0. The summed E-state index contributed by atoms with van der Waals surface area (Å²) in [6.07, 6.45) is 0.983. The van der Waals surface area contributed by atoms with Gasteiger partial charge in [-0.25, -0.2) is 9.59 Å². The van der Waals surface area contributed by atoms with Crippen LogP contribution in [0.5, 0.6) is 5.75 Å². The zero-order valence-corrected chi connectivity index (χ0v) is 21.8. The molecule has 0 aliphatic heterocycles. The number of alkyl carbamates (subject to hydrolysis) is 1. The first-order valence-electron chi connectivity index (χ1n) is 10.1. The van der Waals surface area contributed by atoms with Crippen LogP contribution in [0, 0.1) is 0 Å². The van der Waals surface area contributed by atoms with Crippen molar-refractivity contribution >= 4 is 49.8 Å². The number of benzene rings is 1. The summed E-state index contributed by atoms with van der Waals surface area (Å²) in [6, 6.07) is 1.36. The van der Waals surface area contributed by atoms with Gasteiger partial charge in [-0.15, -0.1) is 0 Å². The van der Waals surface area contributed by atoms with Crippen LogP contribution in [0.15, 0.2) is 21.1 Å². The first kappa shape index (κ1) is 28.2. The van der Waals surface area contributed by atoms with Gasteiger partial charge in [-0.1, -0.05) is 0 Å². The van der Waals surface area contributed by atoms with E-state index in [1.165, 1.54) is 7.11 Å². The van der Waals surface area contributed by atoms with Gasteiger partial charge in [0.05, 0.1) is 16.1 Å². The molecular weight excluding hydrogens is 550 g/mol. The number of phenols is 1. The van der Waals surface area contributed by atoms with Crippen molar-refractivity contribution in [3.05, 3.63) is 26.6 Å². The Hall–Kier alpha value is -1.85. The zero-order chi connectivity index (χ0) is 24.5. The van der Waals surface area contributed by atoms with Crippen molar-refractivity contribution in [2.75, 3.05) is 13.7 Å². The molecule has 2 amide bonds. The average molecular weight is 581 g/mol. The van der Waals surface area contributed by atoms with E-state index in [2.05, 4.69) is 42.5 Å². The molecule has 0 aliphatic rings. The normalized spacial score (nSPS) is 13.1. The Morgan fingerprint density at radius 2 is 1.69 bits per heavy atom. The molecule has 2 atom stereocenters. The highest BCUT2D eigenvalue weighted by Gasteiger charge is 2.29. The highest BCUT2D eigenvalue weighted by Crippen LogP contribution is 2.33. The maximum absolute atomic E-state index is 13.0. The van der Waals surface area contributed by atoms with Crippen LogP contribution in [0.3, 0.4) is 0 Å². The van der Waals surface area contributed by atoms with Crippen LogP contribution in [-0.2, 0) is 25.5 Å². The van der Waals surface area contributed by atoms with Gasteiger partial charge in [0.1, 0.15) is 23.4 Å².